The van der Waals surface area contributed by atoms with E-state index < -0.39 is 0 Å². The van der Waals surface area contributed by atoms with Crippen molar-refractivity contribution in [2.45, 2.75) is 52.4 Å². The molecule has 1 rings (SSSR count). The number of Topliss-reactive ketones (excluding diaryl/α,β-unsaturated/α-hetero) is 1. The number of unbranched alkanes of at least 4 members (excludes halogenated alkanes) is 1. The Hall–Kier alpha value is -1.12. The molecule has 0 atom stereocenters. The largest absolute Gasteiger partial charge is 0.329 e. The van der Waals surface area contributed by atoms with Crippen LogP contribution in [0.15, 0.2) is 11.3 Å². The van der Waals surface area contributed by atoms with Gasteiger partial charge in [0, 0.05) is 24.1 Å². The van der Waals surface area contributed by atoms with Gasteiger partial charge in [0.25, 0.3) is 0 Å². The molecule has 1 aliphatic heterocycles. The molecule has 1 N–H and O–H groups in total. The average Bonchev–Trinajstić information content (AvgIpc) is 2.25. The van der Waals surface area contributed by atoms with E-state index in [9.17, 15) is 9.59 Å². The smallest absolute Gasteiger partial charge is 0.224 e. The van der Waals surface area contributed by atoms with Crippen molar-refractivity contribution >= 4 is 11.7 Å². The second-order valence-corrected chi connectivity index (χ2v) is 3.89. The lowest BCUT2D eigenvalue weighted by atomic mass is 9.95. The first kappa shape index (κ1) is 12.0. The van der Waals surface area contributed by atoms with Crippen molar-refractivity contribution in [3.8, 4) is 0 Å². The van der Waals surface area contributed by atoms with Crippen molar-refractivity contribution in [1.29, 1.82) is 0 Å². The summed E-state index contributed by atoms with van der Waals surface area (Å²) < 4.78 is 0. The molecule has 0 aromatic heterocycles. The molecular formula is C12H19NO2. The van der Waals surface area contributed by atoms with E-state index in [1.54, 1.807) is 0 Å². The van der Waals surface area contributed by atoms with E-state index in [-0.39, 0.29) is 11.7 Å². The number of hydrogen-bond acceptors (Lipinski definition) is 2. The third kappa shape index (κ3) is 3.18. The predicted molar refractivity (Wildman–Crippen MR) is 59.2 cm³/mol. The number of nitrogens with one attached hydrogen (secondary N) is 1. The van der Waals surface area contributed by atoms with Gasteiger partial charge in [-0.3, -0.25) is 9.59 Å². The zero-order valence-corrected chi connectivity index (χ0v) is 9.56. The van der Waals surface area contributed by atoms with Crippen molar-refractivity contribution in [1.82, 2.24) is 5.32 Å². The van der Waals surface area contributed by atoms with Crippen LogP contribution in [0, 0.1) is 0 Å². The molecule has 0 fully saturated rings. The van der Waals surface area contributed by atoms with Crippen LogP contribution in [0.1, 0.15) is 52.4 Å². The Labute approximate surface area is 90.9 Å². The van der Waals surface area contributed by atoms with Gasteiger partial charge in [0.05, 0.1) is 0 Å². The quantitative estimate of drug-likeness (QED) is 0.755. The summed E-state index contributed by atoms with van der Waals surface area (Å²) >= 11 is 0. The summed E-state index contributed by atoms with van der Waals surface area (Å²) in [4.78, 5) is 23.0. The maximum atomic E-state index is 11.8. The SMILES string of the molecule is CCCCC(=O)C1=C(CC)NC(=O)CC1. The fraction of sp³-hybridized carbons (Fsp3) is 0.667. The first-order valence-corrected chi connectivity index (χ1v) is 5.74. The first-order chi connectivity index (χ1) is 7.19. The Kier molecular flexibility index (Phi) is 4.53. The van der Waals surface area contributed by atoms with Crippen LogP contribution in [-0.4, -0.2) is 11.7 Å². The van der Waals surface area contributed by atoms with Crippen LogP contribution in [0.5, 0.6) is 0 Å². The summed E-state index contributed by atoms with van der Waals surface area (Å²) in [6, 6.07) is 0. The normalized spacial score (nSPS) is 16.5. The number of amides is 1. The standard InChI is InChI=1S/C12H19NO2/c1-3-5-6-11(14)9-7-8-12(15)13-10(9)4-2/h3-8H2,1-2H3,(H,13,15). The molecule has 84 valence electrons. The molecule has 3 nitrogen and oxygen atoms in total. The zero-order chi connectivity index (χ0) is 11.3. The van der Waals surface area contributed by atoms with Gasteiger partial charge in [0.15, 0.2) is 5.78 Å². The van der Waals surface area contributed by atoms with Gasteiger partial charge < -0.3 is 5.32 Å². The Morgan fingerprint density at radius 1 is 1.33 bits per heavy atom. The molecule has 0 saturated carbocycles. The number of allylic oxidation sites excluding steroid dienone is 2. The fourth-order valence-corrected chi connectivity index (χ4v) is 1.79. The minimum absolute atomic E-state index is 0.0406. The van der Waals surface area contributed by atoms with E-state index in [0.717, 1.165) is 30.5 Å². The first-order valence-electron chi connectivity index (χ1n) is 5.74. The van der Waals surface area contributed by atoms with Gasteiger partial charge in [0.1, 0.15) is 0 Å². The Morgan fingerprint density at radius 2 is 2.07 bits per heavy atom. The molecule has 15 heavy (non-hydrogen) atoms. The Balaban J connectivity index is 2.71. The van der Waals surface area contributed by atoms with Crippen molar-refractivity contribution in [2.24, 2.45) is 0 Å². The molecule has 1 aliphatic rings. The molecule has 0 spiro atoms. The van der Waals surface area contributed by atoms with Gasteiger partial charge >= 0.3 is 0 Å². The van der Waals surface area contributed by atoms with Crippen LogP contribution in [0.3, 0.4) is 0 Å². The van der Waals surface area contributed by atoms with Gasteiger partial charge in [-0.2, -0.15) is 0 Å². The molecule has 0 saturated heterocycles. The molecule has 1 amide bonds. The highest BCUT2D eigenvalue weighted by Crippen LogP contribution is 2.20. The van der Waals surface area contributed by atoms with Crippen molar-refractivity contribution in [2.75, 3.05) is 0 Å². The van der Waals surface area contributed by atoms with Crippen LogP contribution in [0.4, 0.5) is 0 Å². The molecule has 0 unspecified atom stereocenters. The highest BCUT2D eigenvalue weighted by molar-refractivity contribution is 5.98. The second-order valence-electron chi connectivity index (χ2n) is 3.89. The highest BCUT2D eigenvalue weighted by atomic mass is 16.2. The molecule has 0 radical (unpaired) electrons. The van der Waals surface area contributed by atoms with Gasteiger partial charge in [-0.05, 0) is 19.3 Å². The van der Waals surface area contributed by atoms with E-state index >= 15 is 0 Å². The van der Waals surface area contributed by atoms with Crippen LogP contribution in [0.25, 0.3) is 0 Å². The Morgan fingerprint density at radius 3 is 2.67 bits per heavy atom. The maximum absolute atomic E-state index is 11.8. The summed E-state index contributed by atoms with van der Waals surface area (Å²) in [5, 5.41) is 2.79. The number of carbonyl (C=O) groups is 2. The van der Waals surface area contributed by atoms with E-state index in [2.05, 4.69) is 12.2 Å². The van der Waals surface area contributed by atoms with E-state index in [1.165, 1.54) is 0 Å². The minimum Gasteiger partial charge on any atom is -0.329 e. The lowest BCUT2D eigenvalue weighted by Crippen LogP contribution is -2.30. The van der Waals surface area contributed by atoms with E-state index in [0.29, 0.717) is 19.3 Å². The third-order valence-electron chi connectivity index (χ3n) is 2.70. The summed E-state index contributed by atoms with van der Waals surface area (Å²) in [7, 11) is 0. The molecule has 0 aromatic rings. The summed E-state index contributed by atoms with van der Waals surface area (Å²) in [6.07, 6.45) is 4.40. The molecule has 1 heterocycles. The maximum Gasteiger partial charge on any atom is 0.224 e. The zero-order valence-electron chi connectivity index (χ0n) is 9.56. The summed E-state index contributed by atoms with van der Waals surface area (Å²) in [6.45, 7) is 4.04. The fourth-order valence-electron chi connectivity index (χ4n) is 1.79. The van der Waals surface area contributed by atoms with Gasteiger partial charge in [-0.15, -0.1) is 0 Å². The number of ketones is 1. The summed E-state index contributed by atoms with van der Waals surface area (Å²) in [5.74, 6) is 0.257. The van der Waals surface area contributed by atoms with E-state index in [1.807, 2.05) is 6.92 Å². The monoisotopic (exact) mass is 209 g/mol. The van der Waals surface area contributed by atoms with Gasteiger partial charge in [-0.25, -0.2) is 0 Å². The molecule has 3 heteroatoms. The van der Waals surface area contributed by atoms with Crippen molar-refractivity contribution in [3.63, 3.8) is 0 Å². The number of rotatable bonds is 5. The minimum atomic E-state index is 0.0406. The molecule has 0 bridgehead atoms. The molecule has 0 aliphatic carbocycles. The van der Waals surface area contributed by atoms with Crippen LogP contribution in [0.2, 0.25) is 0 Å². The number of hydrogen-bond donors (Lipinski definition) is 1. The summed E-state index contributed by atoms with van der Waals surface area (Å²) in [5.41, 5.74) is 1.69. The highest BCUT2D eigenvalue weighted by Gasteiger charge is 2.21. The van der Waals surface area contributed by atoms with Crippen LogP contribution < -0.4 is 5.32 Å². The van der Waals surface area contributed by atoms with Crippen LogP contribution >= 0.6 is 0 Å². The van der Waals surface area contributed by atoms with Crippen molar-refractivity contribution < 1.29 is 9.59 Å². The molecular weight excluding hydrogens is 190 g/mol. The third-order valence-corrected chi connectivity index (χ3v) is 2.70. The molecule has 0 aromatic carbocycles. The van der Waals surface area contributed by atoms with Crippen LogP contribution in [-0.2, 0) is 9.59 Å². The lowest BCUT2D eigenvalue weighted by molar-refractivity contribution is -0.121. The lowest BCUT2D eigenvalue weighted by Gasteiger charge is -2.19. The predicted octanol–water partition coefficient (Wildman–Crippen LogP) is 2.32. The average molecular weight is 209 g/mol. The second kappa shape index (κ2) is 5.69. The van der Waals surface area contributed by atoms with Gasteiger partial charge in [-0.1, -0.05) is 20.3 Å². The Bertz CT molecular complexity index is 292. The van der Waals surface area contributed by atoms with Gasteiger partial charge in [0.2, 0.25) is 5.91 Å². The number of carbonyl (C=O) groups excluding carboxylic acids is 2. The van der Waals surface area contributed by atoms with Crippen molar-refractivity contribution in [3.05, 3.63) is 11.3 Å². The topological polar surface area (TPSA) is 46.2 Å². The van der Waals surface area contributed by atoms with E-state index in [4.69, 9.17) is 0 Å².